The van der Waals surface area contributed by atoms with Crippen molar-refractivity contribution in [3.05, 3.63) is 35.4 Å². The first-order valence-corrected chi connectivity index (χ1v) is 5.66. The normalized spacial score (nSPS) is 11.2. The summed E-state index contributed by atoms with van der Waals surface area (Å²) in [5.41, 5.74) is 5.99. The highest BCUT2D eigenvalue weighted by atomic mass is 16.4. The SMILES string of the molecule is CC(C)(CC(N)=O)NCc1ccc(C(=O)O)cc1. The van der Waals surface area contributed by atoms with E-state index in [0.29, 0.717) is 6.54 Å². The molecule has 98 valence electrons. The van der Waals surface area contributed by atoms with Gasteiger partial charge in [0.2, 0.25) is 5.91 Å². The van der Waals surface area contributed by atoms with E-state index in [4.69, 9.17) is 10.8 Å². The zero-order valence-corrected chi connectivity index (χ0v) is 10.6. The van der Waals surface area contributed by atoms with Gasteiger partial charge in [0.25, 0.3) is 0 Å². The van der Waals surface area contributed by atoms with Crippen LogP contribution in [-0.4, -0.2) is 22.5 Å². The van der Waals surface area contributed by atoms with Gasteiger partial charge < -0.3 is 16.2 Å². The molecule has 18 heavy (non-hydrogen) atoms. The second-order valence-corrected chi connectivity index (χ2v) is 4.88. The van der Waals surface area contributed by atoms with Crippen LogP contribution in [0.5, 0.6) is 0 Å². The number of aromatic carboxylic acids is 1. The highest BCUT2D eigenvalue weighted by Gasteiger charge is 2.19. The molecule has 0 bridgehead atoms. The van der Waals surface area contributed by atoms with Crippen molar-refractivity contribution in [2.24, 2.45) is 5.73 Å². The summed E-state index contributed by atoms with van der Waals surface area (Å²) in [7, 11) is 0. The molecule has 1 aromatic carbocycles. The summed E-state index contributed by atoms with van der Waals surface area (Å²) in [5.74, 6) is -1.29. The number of carboxylic acid groups (broad SMARTS) is 1. The molecule has 0 saturated carbocycles. The topological polar surface area (TPSA) is 92.4 Å². The lowest BCUT2D eigenvalue weighted by atomic mass is 9.99. The highest BCUT2D eigenvalue weighted by molar-refractivity contribution is 5.87. The molecule has 0 radical (unpaired) electrons. The van der Waals surface area contributed by atoms with Gasteiger partial charge in [-0.25, -0.2) is 4.79 Å². The molecule has 0 aromatic heterocycles. The number of hydrogen-bond acceptors (Lipinski definition) is 3. The maximum Gasteiger partial charge on any atom is 0.335 e. The number of carbonyl (C=O) groups excluding carboxylic acids is 1. The lowest BCUT2D eigenvalue weighted by molar-refractivity contribution is -0.119. The van der Waals surface area contributed by atoms with Gasteiger partial charge in [0.15, 0.2) is 0 Å². The molecule has 0 aliphatic heterocycles. The number of benzene rings is 1. The van der Waals surface area contributed by atoms with E-state index in [1.165, 1.54) is 0 Å². The Morgan fingerprint density at radius 3 is 2.28 bits per heavy atom. The lowest BCUT2D eigenvalue weighted by Gasteiger charge is -2.24. The summed E-state index contributed by atoms with van der Waals surface area (Å²) in [6, 6.07) is 6.61. The zero-order valence-electron chi connectivity index (χ0n) is 10.6. The molecule has 0 atom stereocenters. The largest absolute Gasteiger partial charge is 0.478 e. The van der Waals surface area contributed by atoms with Gasteiger partial charge in [-0.3, -0.25) is 4.79 Å². The van der Waals surface area contributed by atoms with E-state index < -0.39 is 5.97 Å². The monoisotopic (exact) mass is 250 g/mol. The zero-order chi connectivity index (χ0) is 13.8. The van der Waals surface area contributed by atoms with E-state index in [2.05, 4.69) is 5.32 Å². The second kappa shape index (κ2) is 5.64. The van der Waals surface area contributed by atoms with Crippen molar-refractivity contribution < 1.29 is 14.7 Å². The molecule has 1 rings (SSSR count). The van der Waals surface area contributed by atoms with Crippen molar-refractivity contribution in [2.45, 2.75) is 32.4 Å². The number of rotatable bonds is 6. The molecule has 5 nitrogen and oxygen atoms in total. The van der Waals surface area contributed by atoms with Crippen molar-refractivity contribution >= 4 is 11.9 Å². The number of amides is 1. The van der Waals surface area contributed by atoms with E-state index in [-0.39, 0.29) is 23.4 Å². The molecule has 5 heteroatoms. The standard InChI is InChI=1S/C13H18N2O3/c1-13(2,7-11(14)16)15-8-9-3-5-10(6-4-9)12(17)18/h3-6,15H,7-8H2,1-2H3,(H2,14,16)(H,17,18). The average molecular weight is 250 g/mol. The van der Waals surface area contributed by atoms with Crippen LogP contribution in [0.1, 0.15) is 36.2 Å². The van der Waals surface area contributed by atoms with Gasteiger partial charge in [-0.15, -0.1) is 0 Å². The minimum absolute atomic E-state index is 0.250. The van der Waals surface area contributed by atoms with E-state index in [0.717, 1.165) is 5.56 Å². The first-order chi connectivity index (χ1) is 8.30. The summed E-state index contributed by atoms with van der Waals surface area (Å²) in [6.45, 7) is 4.34. The fourth-order valence-corrected chi connectivity index (χ4v) is 1.60. The smallest absolute Gasteiger partial charge is 0.335 e. The molecule has 1 amide bonds. The molecule has 4 N–H and O–H groups in total. The van der Waals surface area contributed by atoms with Gasteiger partial charge in [0.1, 0.15) is 0 Å². The van der Waals surface area contributed by atoms with Crippen molar-refractivity contribution in [1.29, 1.82) is 0 Å². The average Bonchev–Trinajstić information content (AvgIpc) is 2.25. The Morgan fingerprint density at radius 2 is 1.83 bits per heavy atom. The van der Waals surface area contributed by atoms with Crippen LogP contribution in [0.4, 0.5) is 0 Å². The molecule has 0 spiro atoms. The summed E-state index contributed by atoms with van der Waals surface area (Å²) >= 11 is 0. The van der Waals surface area contributed by atoms with E-state index in [1.54, 1.807) is 24.3 Å². The molecule has 1 aromatic rings. The van der Waals surface area contributed by atoms with Crippen LogP contribution in [0.3, 0.4) is 0 Å². The van der Waals surface area contributed by atoms with Gasteiger partial charge in [0, 0.05) is 18.5 Å². The van der Waals surface area contributed by atoms with E-state index in [1.807, 2.05) is 13.8 Å². The van der Waals surface area contributed by atoms with Crippen molar-refractivity contribution in [3.8, 4) is 0 Å². The Kier molecular flexibility index (Phi) is 4.44. The lowest BCUT2D eigenvalue weighted by Crippen LogP contribution is -2.42. The van der Waals surface area contributed by atoms with Crippen LogP contribution in [0.25, 0.3) is 0 Å². The molecule has 0 aliphatic rings. The van der Waals surface area contributed by atoms with Crippen LogP contribution < -0.4 is 11.1 Å². The number of primary amides is 1. The third-order valence-electron chi connectivity index (χ3n) is 2.59. The minimum atomic E-state index is -0.941. The van der Waals surface area contributed by atoms with Crippen LogP contribution >= 0.6 is 0 Å². The Hall–Kier alpha value is -1.88. The van der Waals surface area contributed by atoms with E-state index >= 15 is 0 Å². The van der Waals surface area contributed by atoms with Gasteiger partial charge in [0.05, 0.1) is 5.56 Å². The van der Waals surface area contributed by atoms with Crippen molar-refractivity contribution in [2.75, 3.05) is 0 Å². The summed E-state index contributed by atoms with van der Waals surface area (Å²) in [5, 5.41) is 12.0. The third kappa shape index (κ3) is 4.55. The number of hydrogen-bond donors (Lipinski definition) is 3. The number of nitrogens with two attached hydrogens (primary N) is 1. The fraction of sp³-hybridized carbons (Fsp3) is 0.385. The maximum atomic E-state index is 10.9. The van der Waals surface area contributed by atoms with Crippen LogP contribution in [0.15, 0.2) is 24.3 Å². The first-order valence-electron chi connectivity index (χ1n) is 5.66. The summed E-state index contributed by atoms with van der Waals surface area (Å²) in [6.07, 6.45) is 0.250. The Morgan fingerprint density at radius 1 is 1.28 bits per heavy atom. The van der Waals surface area contributed by atoms with Gasteiger partial charge in [-0.2, -0.15) is 0 Å². The quantitative estimate of drug-likeness (QED) is 0.705. The number of carboxylic acids is 1. The van der Waals surface area contributed by atoms with E-state index in [9.17, 15) is 9.59 Å². The molecular formula is C13H18N2O3. The van der Waals surface area contributed by atoms with Crippen LogP contribution in [0.2, 0.25) is 0 Å². The molecule has 0 fully saturated rings. The van der Waals surface area contributed by atoms with Gasteiger partial charge in [-0.1, -0.05) is 12.1 Å². The Balaban J connectivity index is 2.58. The van der Waals surface area contributed by atoms with Crippen molar-refractivity contribution in [3.63, 3.8) is 0 Å². The summed E-state index contributed by atoms with van der Waals surface area (Å²) in [4.78, 5) is 21.5. The van der Waals surface area contributed by atoms with Gasteiger partial charge in [-0.05, 0) is 31.5 Å². The molecule has 0 aliphatic carbocycles. The fourth-order valence-electron chi connectivity index (χ4n) is 1.60. The number of nitrogens with one attached hydrogen (secondary N) is 1. The Labute approximate surface area is 106 Å². The van der Waals surface area contributed by atoms with Crippen molar-refractivity contribution in [1.82, 2.24) is 5.32 Å². The minimum Gasteiger partial charge on any atom is -0.478 e. The highest BCUT2D eigenvalue weighted by Crippen LogP contribution is 2.10. The number of carbonyl (C=O) groups is 2. The third-order valence-corrected chi connectivity index (χ3v) is 2.59. The predicted octanol–water partition coefficient (Wildman–Crippen LogP) is 1.13. The van der Waals surface area contributed by atoms with Crippen LogP contribution in [-0.2, 0) is 11.3 Å². The van der Waals surface area contributed by atoms with Gasteiger partial charge >= 0.3 is 5.97 Å². The molecule has 0 saturated heterocycles. The van der Waals surface area contributed by atoms with Crippen LogP contribution in [0, 0.1) is 0 Å². The second-order valence-electron chi connectivity index (χ2n) is 4.88. The predicted molar refractivity (Wildman–Crippen MR) is 68.1 cm³/mol. The Bertz CT molecular complexity index is 438. The molecular weight excluding hydrogens is 232 g/mol. The molecule has 0 unspecified atom stereocenters. The first kappa shape index (κ1) is 14.2. The maximum absolute atomic E-state index is 10.9. The summed E-state index contributed by atoms with van der Waals surface area (Å²) < 4.78 is 0. The molecule has 0 heterocycles.